The second kappa shape index (κ2) is 7.24. The lowest BCUT2D eigenvalue weighted by molar-refractivity contribution is 0.237. The Morgan fingerprint density at radius 1 is 1.15 bits per heavy atom. The predicted molar refractivity (Wildman–Crippen MR) is 87.2 cm³/mol. The summed E-state index contributed by atoms with van der Waals surface area (Å²) in [4.78, 5) is 2.66. The molecule has 0 bridgehead atoms. The molecule has 2 rings (SSSR count). The lowest BCUT2D eigenvalue weighted by atomic mass is 9.99. The van der Waals surface area contributed by atoms with Crippen molar-refractivity contribution in [2.24, 2.45) is 0 Å². The van der Waals surface area contributed by atoms with E-state index in [1.165, 1.54) is 36.9 Å². The average Bonchev–Trinajstić information content (AvgIpc) is 3.28. The Morgan fingerprint density at radius 2 is 1.75 bits per heavy atom. The molecule has 0 heterocycles. The van der Waals surface area contributed by atoms with Crippen LogP contribution in [0.3, 0.4) is 0 Å². The van der Waals surface area contributed by atoms with Gasteiger partial charge in [-0.3, -0.25) is 4.90 Å². The van der Waals surface area contributed by atoms with Crippen molar-refractivity contribution in [1.29, 1.82) is 0 Å². The van der Waals surface area contributed by atoms with Crippen molar-refractivity contribution in [3.63, 3.8) is 0 Å². The number of likely N-dealkylation sites (N-methyl/N-ethyl adjacent to an activating group) is 1. The maximum atomic E-state index is 3.50. The first-order chi connectivity index (χ1) is 9.65. The smallest absolute Gasteiger partial charge is 0.0446 e. The van der Waals surface area contributed by atoms with Crippen molar-refractivity contribution in [1.82, 2.24) is 10.2 Å². The highest BCUT2D eigenvalue weighted by atomic mass is 15.2. The SMILES string of the molecule is CCCN(CC(NC)c1ccc(C(C)C)cc1)C1CC1. The Labute approximate surface area is 124 Å². The molecule has 0 amide bonds. The molecule has 1 aromatic rings. The Hall–Kier alpha value is -0.860. The molecule has 0 aliphatic heterocycles. The van der Waals surface area contributed by atoms with Gasteiger partial charge in [-0.05, 0) is 49.9 Å². The van der Waals surface area contributed by atoms with Crippen LogP contribution in [0.25, 0.3) is 0 Å². The van der Waals surface area contributed by atoms with E-state index >= 15 is 0 Å². The van der Waals surface area contributed by atoms with E-state index in [2.05, 4.69) is 62.3 Å². The third kappa shape index (κ3) is 4.07. The fourth-order valence-corrected chi connectivity index (χ4v) is 2.86. The van der Waals surface area contributed by atoms with Crippen molar-refractivity contribution in [2.75, 3.05) is 20.1 Å². The minimum atomic E-state index is 0.448. The fourth-order valence-electron chi connectivity index (χ4n) is 2.86. The third-order valence-electron chi connectivity index (χ3n) is 4.35. The average molecular weight is 274 g/mol. The number of rotatable bonds is 8. The molecule has 1 aliphatic carbocycles. The highest BCUT2D eigenvalue weighted by Gasteiger charge is 2.29. The second-order valence-corrected chi connectivity index (χ2v) is 6.39. The first-order valence-electron chi connectivity index (χ1n) is 8.16. The molecule has 1 fully saturated rings. The normalized spacial score (nSPS) is 16.9. The van der Waals surface area contributed by atoms with Crippen LogP contribution in [0, 0.1) is 0 Å². The molecule has 2 heteroatoms. The first kappa shape index (κ1) is 15.5. The largest absolute Gasteiger partial charge is 0.312 e. The number of hydrogen-bond donors (Lipinski definition) is 1. The summed E-state index contributed by atoms with van der Waals surface area (Å²) in [5.41, 5.74) is 2.84. The summed E-state index contributed by atoms with van der Waals surface area (Å²) in [6, 6.07) is 10.5. The molecule has 0 saturated heterocycles. The highest BCUT2D eigenvalue weighted by molar-refractivity contribution is 5.27. The van der Waals surface area contributed by atoms with Gasteiger partial charge in [-0.25, -0.2) is 0 Å². The molecule has 20 heavy (non-hydrogen) atoms. The van der Waals surface area contributed by atoms with E-state index in [9.17, 15) is 0 Å². The summed E-state index contributed by atoms with van der Waals surface area (Å²) in [7, 11) is 2.08. The molecule has 112 valence electrons. The standard InChI is InChI=1S/C18H30N2/c1-5-12-20(17-10-11-17)13-18(19-4)16-8-6-15(7-9-16)14(2)3/h6-9,14,17-19H,5,10-13H2,1-4H3. The van der Waals surface area contributed by atoms with Gasteiger partial charge in [0.15, 0.2) is 0 Å². The summed E-state index contributed by atoms with van der Waals surface area (Å²) >= 11 is 0. The van der Waals surface area contributed by atoms with Gasteiger partial charge in [0, 0.05) is 18.6 Å². The summed E-state index contributed by atoms with van der Waals surface area (Å²) in [6.07, 6.45) is 4.03. The highest BCUT2D eigenvalue weighted by Crippen LogP contribution is 2.29. The van der Waals surface area contributed by atoms with Gasteiger partial charge in [0.05, 0.1) is 0 Å². The van der Waals surface area contributed by atoms with Gasteiger partial charge < -0.3 is 5.32 Å². The minimum Gasteiger partial charge on any atom is -0.312 e. The maximum Gasteiger partial charge on any atom is 0.0446 e. The topological polar surface area (TPSA) is 15.3 Å². The van der Waals surface area contributed by atoms with Crippen molar-refractivity contribution in [2.45, 2.75) is 58.0 Å². The molecule has 1 saturated carbocycles. The summed E-state index contributed by atoms with van der Waals surface area (Å²) in [5.74, 6) is 0.611. The van der Waals surface area contributed by atoms with Gasteiger partial charge in [0.1, 0.15) is 0 Å². The van der Waals surface area contributed by atoms with Gasteiger partial charge in [-0.1, -0.05) is 45.0 Å². The second-order valence-electron chi connectivity index (χ2n) is 6.39. The Balaban J connectivity index is 2.02. The molecule has 1 atom stereocenters. The van der Waals surface area contributed by atoms with Crippen molar-refractivity contribution in [3.05, 3.63) is 35.4 Å². The number of nitrogens with zero attached hydrogens (tertiary/aromatic N) is 1. The van der Waals surface area contributed by atoms with Crippen LogP contribution in [0.4, 0.5) is 0 Å². The Kier molecular flexibility index (Phi) is 5.62. The van der Waals surface area contributed by atoms with Crippen molar-refractivity contribution < 1.29 is 0 Å². The lowest BCUT2D eigenvalue weighted by Crippen LogP contribution is -2.35. The molecule has 1 aliphatic rings. The molecule has 0 aromatic heterocycles. The van der Waals surface area contributed by atoms with Gasteiger partial charge in [-0.2, -0.15) is 0 Å². The van der Waals surface area contributed by atoms with E-state index in [1.54, 1.807) is 0 Å². The lowest BCUT2D eigenvalue weighted by Gasteiger charge is -2.27. The number of benzene rings is 1. The van der Waals surface area contributed by atoms with Gasteiger partial charge >= 0.3 is 0 Å². The molecule has 0 radical (unpaired) electrons. The summed E-state index contributed by atoms with van der Waals surface area (Å²) in [6.45, 7) is 9.14. The zero-order chi connectivity index (χ0) is 14.5. The molecule has 2 nitrogen and oxygen atoms in total. The first-order valence-corrected chi connectivity index (χ1v) is 8.16. The van der Waals surface area contributed by atoms with E-state index < -0.39 is 0 Å². The molecule has 1 N–H and O–H groups in total. The van der Waals surface area contributed by atoms with E-state index in [-0.39, 0.29) is 0 Å². The van der Waals surface area contributed by atoms with Gasteiger partial charge in [0.25, 0.3) is 0 Å². The van der Waals surface area contributed by atoms with Crippen LogP contribution >= 0.6 is 0 Å². The quantitative estimate of drug-likeness (QED) is 0.772. The third-order valence-corrected chi connectivity index (χ3v) is 4.35. The molecule has 1 unspecified atom stereocenters. The zero-order valence-corrected chi connectivity index (χ0v) is 13.5. The van der Waals surface area contributed by atoms with E-state index in [4.69, 9.17) is 0 Å². The predicted octanol–water partition coefficient (Wildman–Crippen LogP) is 3.94. The van der Waals surface area contributed by atoms with Crippen LogP contribution in [0.2, 0.25) is 0 Å². The molecule has 1 aromatic carbocycles. The summed E-state index contributed by atoms with van der Waals surface area (Å²) in [5, 5.41) is 3.50. The minimum absolute atomic E-state index is 0.448. The maximum absolute atomic E-state index is 3.50. The number of hydrogen-bond acceptors (Lipinski definition) is 2. The number of nitrogens with one attached hydrogen (secondary N) is 1. The Bertz CT molecular complexity index is 392. The van der Waals surface area contributed by atoms with Gasteiger partial charge in [-0.15, -0.1) is 0 Å². The van der Waals surface area contributed by atoms with E-state index in [0.29, 0.717) is 12.0 Å². The monoisotopic (exact) mass is 274 g/mol. The van der Waals surface area contributed by atoms with E-state index in [1.807, 2.05) is 0 Å². The Morgan fingerprint density at radius 3 is 2.20 bits per heavy atom. The zero-order valence-electron chi connectivity index (χ0n) is 13.5. The van der Waals surface area contributed by atoms with Gasteiger partial charge in [0.2, 0.25) is 0 Å². The molecule has 0 spiro atoms. The van der Waals surface area contributed by atoms with Crippen LogP contribution in [-0.4, -0.2) is 31.1 Å². The van der Waals surface area contributed by atoms with E-state index in [0.717, 1.165) is 12.6 Å². The molecular weight excluding hydrogens is 244 g/mol. The van der Waals surface area contributed by atoms with Crippen LogP contribution in [0.1, 0.15) is 63.1 Å². The van der Waals surface area contributed by atoms with Crippen LogP contribution in [0.5, 0.6) is 0 Å². The van der Waals surface area contributed by atoms with Crippen molar-refractivity contribution in [3.8, 4) is 0 Å². The fraction of sp³-hybridized carbons (Fsp3) is 0.667. The van der Waals surface area contributed by atoms with Crippen LogP contribution in [-0.2, 0) is 0 Å². The van der Waals surface area contributed by atoms with Crippen molar-refractivity contribution >= 4 is 0 Å². The molecular formula is C18H30N2. The van der Waals surface area contributed by atoms with Crippen LogP contribution < -0.4 is 5.32 Å². The van der Waals surface area contributed by atoms with Crippen LogP contribution in [0.15, 0.2) is 24.3 Å². The summed E-state index contributed by atoms with van der Waals surface area (Å²) < 4.78 is 0.